The van der Waals surface area contributed by atoms with Crippen LogP contribution in [0.5, 0.6) is 0 Å². The fraction of sp³-hybridized carbons (Fsp3) is 0.417. The van der Waals surface area contributed by atoms with Crippen LogP contribution in [0.4, 0.5) is 10.6 Å². The largest absolute Gasteiger partial charge is 0.444 e. The molecule has 104 valence electrons. The molecule has 0 aromatic carbocycles. The Labute approximate surface area is 117 Å². The first-order chi connectivity index (χ1) is 8.78. The number of hydrogen-bond donors (Lipinski definition) is 2. The first-order valence-electron chi connectivity index (χ1n) is 5.70. The van der Waals surface area contributed by atoms with Gasteiger partial charge in [0.25, 0.3) is 0 Å². The number of amides is 1. The lowest BCUT2D eigenvalue weighted by molar-refractivity contribution is 0.0534. The summed E-state index contributed by atoms with van der Waals surface area (Å²) >= 11 is 5.70. The number of nitrogens with zero attached hydrogens (tertiary/aromatic N) is 2. The van der Waals surface area contributed by atoms with Gasteiger partial charge in [0.15, 0.2) is 11.0 Å². The Hall–Kier alpha value is -1.82. The average Bonchev–Trinajstić information content (AvgIpc) is 2.26. The molecular weight excluding hydrogens is 268 g/mol. The van der Waals surface area contributed by atoms with E-state index in [0.717, 1.165) is 0 Å². The van der Waals surface area contributed by atoms with Gasteiger partial charge in [-0.2, -0.15) is 0 Å². The highest BCUT2D eigenvalue weighted by molar-refractivity contribution is 6.29. The fourth-order valence-corrected chi connectivity index (χ4v) is 1.32. The van der Waals surface area contributed by atoms with Crippen molar-refractivity contribution in [2.24, 2.45) is 0 Å². The van der Waals surface area contributed by atoms with Gasteiger partial charge in [-0.25, -0.2) is 4.79 Å². The molecule has 7 heteroatoms. The molecule has 0 aliphatic rings. The van der Waals surface area contributed by atoms with E-state index in [0.29, 0.717) is 12.1 Å². The third-order valence-electron chi connectivity index (χ3n) is 1.88. The number of hydrogen-bond acceptors (Lipinski definition) is 5. The molecule has 0 spiro atoms. The summed E-state index contributed by atoms with van der Waals surface area (Å²) < 4.78 is 5.08. The minimum Gasteiger partial charge on any atom is -0.444 e. The van der Waals surface area contributed by atoms with Crippen LogP contribution in [-0.2, 0) is 4.74 Å². The van der Waals surface area contributed by atoms with Crippen LogP contribution in [0.15, 0.2) is 12.1 Å². The summed E-state index contributed by atoms with van der Waals surface area (Å²) in [5.41, 5.74) is 5.75. The summed E-state index contributed by atoms with van der Waals surface area (Å²) in [6, 6.07) is 1.59. The van der Waals surface area contributed by atoms with Crippen LogP contribution < -0.4 is 11.1 Å². The molecule has 1 rings (SSSR count). The monoisotopic (exact) mass is 284 g/mol. The lowest BCUT2D eigenvalue weighted by Gasteiger charge is -2.19. The maximum Gasteiger partial charge on any atom is 0.407 e. The van der Waals surface area contributed by atoms with Gasteiger partial charge in [0.05, 0.1) is 0 Å². The Bertz CT molecular complexity index is 483. The fourth-order valence-electron chi connectivity index (χ4n) is 1.17. The first kappa shape index (κ1) is 15.2. The van der Waals surface area contributed by atoms with E-state index in [-0.39, 0.29) is 11.0 Å². The number of aromatic nitrogens is 2. The van der Waals surface area contributed by atoms with E-state index in [1.165, 1.54) is 0 Å². The summed E-state index contributed by atoms with van der Waals surface area (Å²) in [6.45, 7) is 5.71. The van der Waals surface area contributed by atoms with Crippen molar-refractivity contribution >= 4 is 29.6 Å². The SMILES string of the molecule is CC(C)(C)OC(=O)NCC=Cc1cc(Cl)nnc1N. The Morgan fingerprint density at radius 3 is 2.84 bits per heavy atom. The number of nitrogens with two attached hydrogens (primary N) is 1. The molecule has 0 aliphatic carbocycles. The van der Waals surface area contributed by atoms with E-state index >= 15 is 0 Å². The number of nitrogens with one attached hydrogen (secondary N) is 1. The molecule has 0 fully saturated rings. The zero-order chi connectivity index (χ0) is 14.5. The molecular formula is C12H17ClN4O2. The summed E-state index contributed by atoms with van der Waals surface area (Å²) in [5, 5.41) is 10.1. The smallest absolute Gasteiger partial charge is 0.407 e. The highest BCUT2D eigenvalue weighted by Gasteiger charge is 2.14. The predicted molar refractivity (Wildman–Crippen MR) is 74.7 cm³/mol. The van der Waals surface area contributed by atoms with Crippen LogP contribution in [0.2, 0.25) is 5.15 Å². The van der Waals surface area contributed by atoms with Crippen molar-refractivity contribution in [3.05, 3.63) is 22.9 Å². The van der Waals surface area contributed by atoms with Crippen LogP contribution >= 0.6 is 11.6 Å². The van der Waals surface area contributed by atoms with E-state index in [9.17, 15) is 4.79 Å². The number of ether oxygens (including phenoxy) is 1. The minimum absolute atomic E-state index is 0.258. The van der Waals surface area contributed by atoms with Gasteiger partial charge < -0.3 is 15.8 Å². The molecule has 1 aromatic rings. The van der Waals surface area contributed by atoms with Gasteiger partial charge in [0.1, 0.15) is 5.60 Å². The summed E-state index contributed by atoms with van der Waals surface area (Å²) in [4.78, 5) is 11.4. The maximum atomic E-state index is 11.4. The molecule has 3 N–H and O–H groups in total. The number of carbonyl (C=O) groups excluding carboxylic acids is 1. The summed E-state index contributed by atoms with van der Waals surface area (Å²) in [7, 11) is 0. The molecule has 19 heavy (non-hydrogen) atoms. The number of alkyl carbamates (subject to hydrolysis) is 1. The Morgan fingerprint density at radius 1 is 1.53 bits per heavy atom. The van der Waals surface area contributed by atoms with E-state index in [4.69, 9.17) is 22.1 Å². The molecule has 1 heterocycles. The topological polar surface area (TPSA) is 90.1 Å². The molecule has 0 saturated heterocycles. The van der Waals surface area contributed by atoms with Gasteiger partial charge in [0.2, 0.25) is 0 Å². The average molecular weight is 285 g/mol. The molecule has 0 atom stereocenters. The van der Waals surface area contributed by atoms with Crippen molar-refractivity contribution in [3.63, 3.8) is 0 Å². The van der Waals surface area contributed by atoms with Crippen molar-refractivity contribution in [1.29, 1.82) is 0 Å². The van der Waals surface area contributed by atoms with Gasteiger partial charge in [-0.3, -0.25) is 0 Å². The van der Waals surface area contributed by atoms with Gasteiger partial charge in [-0.05, 0) is 26.8 Å². The second-order valence-electron chi connectivity index (χ2n) is 4.79. The lowest BCUT2D eigenvalue weighted by Crippen LogP contribution is -2.32. The van der Waals surface area contributed by atoms with Crippen LogP contribution in [-0.4, -0.2) is 28.4 Å². The van der Waals surface area contributed by atoms with Crippen molar-refractivity contribution in [1.82, 2.24) is 15.5 Å². The van der Waals surface area contributed by atoms with Crippen molar-refractivity contribution in [2.75, 3.05) is 12.3 Å². The van der Waals surface area contributed by atoms with Crippen molar-refractivity contribution < 1.29 is 9.53 Å². The van der Waals surface area contributed by atoms with Crippen molar-refractivity contribution in [2.45, 2.75) is 26.4 Å². The van der Waals surface area contributed by atoms with Gasteiger partial charge in [-0.15, -0.1) is 10.2 Å². The van der Waals surface area contributed by atoms with Crippen LogP contribution in [0, 0.1) is 0 Å². The molecule has 0 bridgehead atoms. The summed E-state index contributed by atoms with van der Waals surface area (Å²) in [5.74, 6) is 0.276. The molecule has 6 nitrogen and oxygen atoms in total. The van der Waals surface area contributed by atoms with E-state index in [1.807, 2.05) is 0 Å². The first-order valence-corrected chi connectivity index (χ1v) is 6.08. The third kappa shape index (κ3) is 6.05. The highest BCUT2D eigenvalue weighted by Crippen LogP contribution is 2.13. The zero-order valence-electron chi connectivity index (χ0n) is 11.1. The van der Waals surface area contributed by atoms with Gasteiger partial charge in [-0.1, -0.05) is 23.8 Å². The molecule has 0 unspecified atom stereocenters. The van der Waals surface area contributed by atoms with Crippen LogP contribution in [0.25, 0.3) is 6.08 Å². The second-order valence-corrected chi connectivity index (χ2v) is 5.18. The number of carbonyl (C=O) groups is 1. The van der Waals surface area contributed by atoms with E-state index < -0.39 is 11.7 Å². The maximum absolute atomic E-state index is 11.4. The lowest BCUT2D eigenvalue weighted by atomic mass is 10.2. The Kier molecular flexibility index (Phi) is 5.11. The normalized spacial score (nSPS) is 11.6. The number of anilines is 1. The van der Waals surface area contributed by atoms with Crippen molar-refractivity contribution in [3.8, 4) is 0 Å². The second kappa shape index (κ2) is 6.38. The predicted octanol–water partition coefficient (Wildman–Crippen LogP) is 2.25. The molecule has 1 amide bonds. The molecule has 0 saturated carbocycles. The van der Waals surface area contributed by atoms with E-state index in [2.05, 4.69) is 15.5 Å². The van der Waals surface area contributed by atoms with E-state index in [1.54, 1.807) is 39.0 Å². The standard InChI is InChI=1S/C12H17ClN4O2/c1-12(2,3)19-11(18)15-6-4-5-8-7-9(13)16-17-10(8)14/h4-5,7H,6H2,1-3H3,(H2,14,17)(H,15,18). The Balaban J connectivity index is 2.47. The van der Waals surface area contributed by atoms with Crippen LogP contribution in [0.1, 0.15) is 26.3 Å². The Morgan fingerprint density at radius 2 is 2.21 bits per heavy atom. The minimum atomic E-state index is -0.513. The number of halogens is 1. The van der Waals surface area contributed by atoms with Crippen LogP contribution in [0.3, 0.4) is 0 Å². The highest BCUT2D eigenvalue weighted by atomic mass is 35.5. The van der Waals surface area contributed by atoms with Gasteiger partial charge in [0, 0.05) is 12.1 Å². The third-order valence-corrected chi connectivity index (χ3v) is 2.07. The number of rotatable bonds is 3. The summed E-state index contributed by atoms with van der Waals surface area (Å²) in [6.07, 6.45) is 2.94. The number of nitrogen functional groups attached to an aromatic ring is 1. The van der Waals surface area contributed by atoms with Gasteiger partial charge >= 0.3 is 6.09 Å². The zero-order valence-corrected chi connectivity index (χ0v) is 11.9. The quantitative estimate of drug-likeness (QED) is 0.888. The molecule has 1 aromatic heterocycles. The molecule has 0 aliphatic heterocycles. The molecule has 0 radical (unpaired) electrons.